The third kappa shape index (κ3) is 4.58. The van der Waals surface area contributed by atoms with E-state index in [0.29, 0.717) is 44.2 Å². The van der Waals surface area contributed by atoms with Crippen molar-refractivity contribution in [3.8, 4) is 0 Å². The van der Waals surface area contributed by atoms with Crippen molar-refractivity contribution >= 4 is 17.5 Å². The average Bonchev–Trinajstić information content (AvgIpc) is 3.15. The second-order valence-corrected chi connectivity index (χ2v) is 6.83. The van der Waals surface area contributed by atoms with Crippen molar-refractivity contribution in [2.24, 2.45) is 5.92 Å². The third-order valence-corrected chi connectivity index (χ3v) is 5.08. The molecule has 0 bridgehead atoms. The first-order valence-electron chi connectivity index (χ1n) is 9.12. The van der Waals surface area contributed by atoms with E-state index >= 15 is 0 Å². The third-order valence-electron chi connectivity index (χ3n) is 5.08. The SMILES string of the molecule is Cc1c(NC(=O)CCC2CCNC2)cccc1C(=O)N1CCOCC1. The molecule has 2 aliphatic heterocycles. The average molecular weight is 345 g/mol. The van der Waals surface area contributed by atoms with Gasteiger partial charge in [-0.25, -0.2) is 0 Å². The number of nitrogens with one attached hydrogen (secondary N) is 2. The maximum atomic E-state index is 12.7. The van der Waals surface area contributed by atoms with E-state index in [1.165, 1.54) is 0 Å². The fourth-order valence-electron chi connectivity index (χ4n) is 3.45. The van der Waals surface area contributed by atoms with E-state index in [0.717, 1.165) is 37.2 Å². The molecule has 0 spiro atoms. The first kappa shape index (κ1) is 17.9. The summed E-state index contributed by atoms with van der Waals surface area (Å²) in [6, 6.07) is 5.52. The topological polar surface area (TPSA) is 70.7 Å². The highest BCUT2D eigenvalue weighted by atomic mass is 16.5. The van der Waals surface area contributed by atoms with Gasteiger partial charge in [-0.3, -0.25) is 9.59 Å². The molecule has 2 aliphatic rings. The Morgan fingerprint density at radius 2 is 2.12 bits per heavy atom. The number of amides is 2. The largest absolute Gasteiger partial charge is 0.378 e. The molecule has 1 atom stereocenters. The standard InChI is InChI=1S/C19H27N3O3/c1-14-16(19(24)22-9-11-25-12-10-22)3-2-4-17(14)21-18(23)6-5-15-7-8-20-13-15/h2-4,15,20H,5-13H2,1H3,(H,21,23). The van der Waals surface area contributed by atoms with Gasteiger partial charge in [-0.05, 0) is 56.5 Å². The van der Waals surface area contributed by atoms with Crippen LogP contribution in [0.3, 0.4) is 0 Å². The molecule has 25 heavy (non-hydrogen) atoms. The number of carbonyl (C=O) groups is 2. The summed E-state index contributed by atoms with van der Waals surface area (Å²) in [5.41, 5.74) is 2.21. The lowest BCUT2D eigenvalue weighted by Crippen LogP contribution is -2.41. The van der Waals surface area contributed by atoms with Crippen molar-refractivity contribution in [2.45, 2.75) is 26.2 Å². The molecule has 1 aromatic rings. The quantitative estimate of drug-likeness (QED) is 0.854. The van der Waals surface area contributed by atoms with Crippen LogP contribution in [0.4, 0.5) is 5.69 Å². The van der Waals surface area contributed by atoms with Gasteiger partial charge in [0.1, 0.15) is 0 Å². The lowest BCUT2D eigenvalue weighted by Gasteiger charge is -2.27. The molecule has 1 unspecified atom stereocenters. The van der Waals surface area contributed by atoms with E-state index in [2.05, 4.69) is 10.6 Å². The van der Waals surface area contributed by atoms with E-state index < -0.39 is 0 Å². The number of morpholine rings is 1. The molecule has 2 heterocycles. The summed E-state index contributed by atoms with van der Waals surface area (Å²) >= 11 is 0. The summed E-state index contributed by atoms with van der Waals surface area (Å²) in [4.78, 5) is 26.8. The van der Waals surface area contributed by atoms with Crippen LogP contribution in [0.5, 0.6) is 0 Å². The Labute approximate surface area is 148 Å². The normalized spacial score (nSPS) is 20.5. The smallest absolute Gasteiger partial charge is 0.254 e. The molecular weight excluding hydrogens is 318 g/mol. The Kier molecular flexibility index (Phi) is 6.04. The number of benzene rings is 1. The van der Waals surface area contributed by atoms with Crippen molar-refractivity contribution in [3.63, 3.8) is 0 Å². The Balaban J connectivity index is 1.61. The number of carbonyl (C=O) groups excluding carboxylic acids is 2. The van der Waals surface area contributed by atoms with Crippen molar-refractivity contribution in [1.82, 2.24) is 10.2 Å². The van der Waals surface area contributed by atoms with Crippen LogP contribution in [0.2, 0.25) is 0 Å². The maximum absolute atomic E-state index is 12.7. The zero-order valence-corrected chi connectivity index (χ0v) is 14.8. The number of anilines is 1. The van der Waals surface area contributed by atoms with Crippen LogP contribution in [-0.4, -0.2) is 56.1 Å². The van der Waals surface area contributed by atoms with Crippen LogP contribution in [0.1, 0.15) is 35.2 Å². The summed E-state index contributed by atoms with van der Waals surface area (Å²) in [6.07, 6.45) is 2.58. The van der Waals surface area contributed by atoms with Gasteiger partial charge in [-0.15, -0.1) is 0 Å². The number of hydrogen-bond acceptors (Lipinski definition) is 4. The minimum Gasteiger partial charge on any atom is -0.378 e. The fraction of sp³-hybridized carbons (Fsp3) is 0.579. The minimum absolute atomic E-state index is 0.00827. The van der Waals surface area contributed by atoms with Gasteiger partial charge < -0.3 is 20.3 Å². The Morgan fingerprint density at radius 3 is 2.84 bits per heavy atom. The molecule has 0 saturated carbocycles. The Hall–Kier alpha value is -1.92. The van der Waals surface area contributed by atoms with Gasteiger partial charge in [-0.2, -0.15) is 0 Å². The maximum Gasteiger partial charge on any atom is 0.254 e. The fourth-order valence-corrected chi connectivity index (χ4v) is 3.45. The molecule has 0 aliphatic carbocycles. The van der Waals surface area contributed by atoms with Gasteiger partial charge in [0.25, 0.3) is 5.91 Å². The van der Waals surface area contributed by atoms with E-state index in [1.54, 1.807) is 0 Å². The molecule has 0 radical (unpaired) electrons. The summed E-state index contributed by atoms with van der Waals surface area (Å²) < 4.78 is 5.31. The van der Waals surface area contributed by atoms with E-state index in [1.807, 2.05) is 30.0 Å². The number of nitrogens with zero attached hydrogens (tertiary/aromatic N) is 1. The second kappa shape index (κ2) is 8.45. The lowest BCUT2D eigenvalue weighted by molar-refractivity contribution is -0.116. The van der Waals surface area contributed by atoms with Crippen molar-refractivity contribution < 1.29 is 14.3 Å². The zero-order valence-electron chi connectivity index (χ0n) is 14.8. The van der Waals surface area contributed by atoms with Crippen LogP contribution in [-0.2, 0) is 9.53 Å². The molecule has 6 nitrogen and oxygen atoms in total. The van der Waals surface area contributed by atoms with Crippen molar-refractivity contribution in [1.29, 1.82) is 0 Å². The second-order valence-electron chi connectivity index (χ2n) is 6.83. The molecular formula is C19H27N3O3. The molecule has 136 valence electrons. The number of hydrogen-bond donors (Lipinski definition) is 2. The van der Waals surface area contributed by atoms with Crippen LogP contribution in [0.15, 0.2) is 18.2 Å². The molecule has 0 aromatic heterocycles. The molecule has 2 amide bonds. The summed E-state index contributed by atoms with van der Waals surface area (Å²) in [5.74, 6) is 0.626. The van der Waals surface area contributed by atoms with Gasteiger partial charge in [-0.1, -0.05) is 6.07 Å². The predicted molar refractivity (Wildman–Crippen MR) is 96.7 cm³/mol. The highest BCUT2D eigenvalue weighted by molar-refractivity contribution is 5.99. The highest BCUT2D eigenvalue weighted by Crippen LogP contribution is 2.22. The molecule has 2 saturated heterocycles. The van der Waals surface area contributed by atoms with Gasteiger partial charge in [0.15, 0.2) is 0 Å². The van der Waals surface area contributed by atoms with Crippen LogP contribution < -0.4 is 10.6 Å². The molecule has 2 fully saturated rings. The molecule has 1 aromatic carbocycles. The number of ether oxygens (including phenoxy) is 1. The van der Waals surface area contributed by atoms with Gasteiger partial charge in [0.05, 0.1) is 13.2 Å². The first-order valence-corrected chi connectivity index (χ1v) is 9.12. The molecule has 2 N–H and O–H groups in total. The lowest BCUT2D eigenvalue weighted by atomic mass is 10.0. The summed E-state index contributed by atoms with van der Waals surface area (Å²) in [5, 5.41) is 6.30. The van der Waals surface area contributed by atoms with Crippen LogP contribution in [0, 0.1) is 12.8 Å². The van der Waals surface area contributed by atoms with Gasteiger partial charge >= 0.3 is 0 Å². The first-order chi connectivity index (χ1) is 12.1. The van der Waals surface area contributed by atoms with E-state index in [-0.39, 0.29) is 11.8 Å². The van der Waals surface area contributed by atoms with Crippen LogP contribution in [0.25, 0.3) is 0 Å². The Bertz CT molecular complexity index is 620. The summed E-state index contributed by atoms with van der Waals surface area (Å²) in [6.45, 7) is 6.35. The molecule has 3 rings (SSSR count). The van der Waals surface area contributed by atoms with Crippen molar-refractivity contribution in [3.05, 3.63) is 29.3 Å². The molecule has 6 heteroatoms. The van der Waals surface area contributed by atoms with Gasteiger partial charge in [0.2, 0.25) is 5.91 Å². The highest BCUT2D eigenvalue weighted by Gasteiger charge is 2.21. The monoisotopic (exact) mass is 345 g/mol. The van der Waals surface area contributed by atoms with Crippen LogP contribution >= 0.6 is 0 Å². The Morgan fingerprint density at radius 1 is 1.32 bits per heavy atom. The minimum atomic E-state index is 0.00827. The van der Waals surface area contributed by atoms with Gasteiger partial charge in [0, 0.05) is 30.8 Å². The predicted octanol–water partition coefficient (Wildman–Crippen LogP) is 1.80. The summed E-state index contributed by atoms with van der Waals surface area (Å²) in [7, 11) is 0. The van der Waals surface area contributed by atoms with E-state index in [9.17, 15) is 9.59 Å². The zero-order chi connectivity index (χ0) is 17.6. The number of rotatable bonds is 5. The van der Waals surface area contributed by atoms with Crippen molar-refractivity contribution in [2.75, 3.05) is 44.7 Å². The van der Waals surface area contributed by atoms with E-state index in [4.69, 9.17) is 4.74 Å².